The molecule has 0 atom stereocenters. The monoisotopic (exact) mass is 358 g/mol. The van der Waals surface area contributed by atoms with Crippen molar-refractivity contribution in [3.05, 3.63) is 78.0 Å². The maximum atomic E-state index is 12.8. The van der Waals surface area contributed by atoms with E-state index in [9.17, 15) is 23.1 Å². The number of anilines is 1. The molecule has 7 heteroatoms. The van der Waals surface area contributed by atoms with E-state index in [0.717, 1.165) is 18.3 Å². The Morgan fingerprint density at radius 3 is 2.35 bits per heavy atom. The van der Waals surface area contributed by atoms with E-state index >= 15 is 0 Å². The summed E-state index contributed by atoms with van der Waals surface area (Å²) in [6, 6.07) is 14.1. The first-order chi connectivity index (χ1) is 12.3. The number of amides is 1. The largest absolute Gasteiger partial charge is 0.506 e. The zero-order chi connectivity index (χ0) is 18.7. The lowest BCUT2D eigenvalue weighted by atomic mass is 10.1. The molecule has 26 heavy (non-hydrogen) atoms. The van der Waals surface area contributed by atoms with Crippen LogP contribution in [-0.4, -0.2) is 16.0 Å². The molecule has 2 N–H and O–H groups in total. The molecule has 1 heterocycles. The minimum atomic E-state index is -4.45. The highest BCUT2D eigenvalue weighted by Gasteiger charge is 2.30. The molecule has 0 fully saturated rings. The molecule has 4 nitrogen and oxygen atoms in total. The number of phenolic OH excluding ortho intramolecular Hbond substituents is 1. The van der Waals surface area contributed by atoms with Crippen molar-refractivity contribution in [2.45, 2.75) is 6.18 Å². The van der Waals surface area contributed by atoms with E-state index in [1.54, 1.807) is 18.2 Å². The van der Waals surface area contributed by atoms with Crippen molar-refractivity contribution in [3.8, 4) is 17.0 Å². The van der Waals surface area contributed by atoms with Gasteiger partial charge >= 0.3 is 6.18 Å². The first-order valence-corrected chi connectivity index (χ1v) is 7.57. The summed E-state index contributed by atoms with van der Waals surface area (Å²) >= 11 is 0. The summed E-state index contributed by atoms with van der Waals surface area (Å²) in [6.07, 6.45) is -3.36. The predicted octanol–water partition coefficient (Wildman–Crippen LogP) is 4.73. The second kappa shape index (κ2) is 6.87. The average molecular weight is 358 g/mol. The summed E-state index contributed by atoms with van der Waals surface area (Å²) < 4.78 is 38.4. The molecule has 2 aromatic carbocycles. The Bertz CT molecular complexity index is 938. The van der Waals surface area contributed by atoms with Gasteiger partial charge in [-0.2, -0.15) is 13.2 Å². The summed E-state index contributed by atoms with van der Waals surface area (Å²) in [7, 11) is 0. The van der Waals surface area contributed by atoms with Crippen LogP contribution >= 0.6 is 0 Å². The molecule has 0 saturated carbocycles. The lowest BCUT2D eigenvalue weighted by Crippen LogP contribution is -2.11. The quantitative estimate of drug-likeness (QED) is 0.666. The molecule has 0 aliphatic heterocycles. The van der Waals surface area contributed by atoms with E-state index in [0.29, 0.717) is 11.1 Å². The van der Waals surface area contributed by atoms with Gasteiger partial charge < -0.3 is 10.4 Å². The van der Waals surface area contributed by atoms with Crippen molar-refractivity contribution in [1.29, 1.82) is 0 Å². The van der Waals surface area contributed by atoms with Gasteiger partial charge in [-0.05, 0) is 36.4 Å². The van der Waals surface area contributed by atoms with Crippen molar-refractivity contribution < 1.29 is 23.1 Å². The minimum Gasteiger partial charge on any atom is -0.506 e. The summed E-state index contributed by atoms with van der Waals surface area (Å²) in [5, 5.41) is 12.2. The van der Waals surface area contributed by atoms with Crippen LogP contribution in [0.5, 0.6) is 5.75 Å². The molecule has 0 spiro atoms. The van der Waals surface area contributed by atoms with Crippen LogP contribution in [-0.2, 0) is 6.18 Å². The number of nitrogens with one attached hydrogen (secondary N) is 1. The van der Waals surface area contributed by atoms with Crippen LogP contribution in [0.15, 0.2) is 66.9 Å². The topological polar surface area (TPSA) is 62.2 Å². The molecule has 3 aromatic rings. The van der Waals surface area contributed by atoms with Crippen LogP contribution in [0.2, 0.25) is 0 Å². The number of para-hydroxylation sites is 2. The highest BCUT2D eigenvalue weighted by atomic mass is 19.4. The smallest absolute Gasteiger partial charge is 0.416 e. The molecular formula is C19H13F3N2O2. The SMILES string of the molecule is O=C(Nc1ccccc1O)c1ccc(-c2cc(C(F)(F)F)ccn2)cc1. The summed E-state index contributed by atoms with van der Waals surface area (Å²) in [5.41, 5.74) is 0.386. The number of carbonyl (C=O) groups excluding carboxylic acids is 1. The Labute approximate surface area is 146 Å². The second-order valence-corrected chi connectivity index (χ2v) is 5.48. The molecule has 1 amide bonds. The van der Waals surface area contributed by atoms with Crippen molar-refractivity contribution in [3.63, 3.8) is 0 Å². The number of carbonyl (C=O) groups is 1. The van der Waals surface area contributed by atoms with E-state index in [4.69, 9.17) is 0 Å². The van der Waals surface area contributed by atoms with Crippen molar-refractivity contribution >= 4 is 11.6 Å². The van der Waals surface area contributed by atoms with Crippen LogP contribution in [0.25, 0.3) is 11.3 Å². The number of hydrogen-bond donors (Lipinski definition) is 2. The Balaban J connectivity index is 1.81. The van der Waals surface area contributed by atoms with Crippen molar-refractivity contribution in [2.24, 2.45) is 0 Å². The maximum absolute atomic E-state index is 12.8. The number of nitrogens with zero attached hydrogens (tertiary/aromatic N) is 1. The standard InChI is InChI=1S/C19H13F3N2O2/c20-19(21,22)14-9-10-23-16(11-14)12-5-7-13(8-6-12)18(26)24-15-3-1-2-4-17(15)25/h1-11,25H,(H,24,26). The van der Waals surface area contributed by atoms with E-state index in [1.807, 2.05) is 0 Å². The van der Waals surface area contributed by atoms with Gasteiger partial charge in [-0.25, -0.2) is 0 Å². The summed E-state index contributed by atoms with van der Waals surface area (Å²) in [4.78, 5) is 16.2. The third-order valence-corrected chi connectivity index (χ3v) is 3.68. The average Bonchev–Trinajstić information content (AvgIpc) is 2.63. The van der Waals surface area contributed by atoms with E-state index in [-0.39, 0.29) is 17.1 Å². The lowest BCUT2D eigenvalue weighted by molar-refractivity contribution is -0.137. The van der Waals surface area contributed by atoms with Gasteiger partial charge in [0.25, 0.3) is 5.91 Å². The molecule has 0 saturated heterocycles. The molecule has 1 aromatic heterocycles. The van der Waals surface area contributed by atoms with Gasteiger partial charge in [0, 0.05) is 17.3 Å². The van der Waals surface area contributed by atoms with Crippen LogP contribution < -0.4 is 5.32 Å². The number of benzene rings is 2. The normalized spacial score (nSPS) is 11.2. The van der Waals surface area contributed by atoms with Crippen LogP contribution in [0, 0.1) is 0 Å². The molecule has 0 unspecified atom stereocenters. The number of pyridine rings is 1. The number of halogens is 3. The molecule has 0 radical (unpaired) electrons. The van der Waals surface area contributed by atoms with Crippen LogP contribution in [0.3, 0.4) is 0 Å². The van der Waals surface area contributed by atoms with Crippen molar-refractivity contribution in [1.82, 2.24) is 4.98 Å². The molecular weight excluding hydrogens is 345 g/mol. The Morgan fingerprint density at radius 2 is 1.69 bits per heavy atom. The highest BCUT2D eigenvalue weighted by molar-refractivity contribution is 6.05. The molecule has 0 bridgehead atoms. The first-order valence-electron chi connectivity index (χ1n) is 7.57. The molecule has 0 aliphatic rings. The number of aromatic hydroxyl groups is 1. The number of alkyl halides is 3. The van der Waals surface area contributed by atoms with E-state index in [2.05, 4.69) is 10.3 Å². The molecule has 3 rings (SSSR count). The summed E-state index contributed by atoms with van der Waals surface area (Å²) in [6.45, 7) is 0. The number of hydrogen-bond acceptors (Lipinski definition) is 3. The number of aromatic nitrogens is 1. The Morgan fingerprint density at radius 1 is 1.00 bits per heavy atom. The fourth-order valence-electron chi connectivity index (χ4n) is 2.33. The molecule has 132 valence electrons. The first kappa shape index (κ1) is 17.5. The maximum Gasteiger partial charge on any atom is 0.416 e. The lowest BCUT2D eigenvalue weighted by Gasteiger charge is -2.09. The Kier molecular flexibility index (Phi) is 4.62. The van der Waals surface area contributed by atoms with Gasteiger partial charge in [0.1, 0.15) is 5.75 Å². The number of rotatable bonds is 3. The van der Waals surface area contributed by atoms with Gasteiger partial charge in [-0.1, -0.05) is 24.3 Å². The van der Waals surface area contributed by atoms with Gasteiger partial charge in [-0.15, -0.1) is 0 Å². The van der Waals surface area contributed by atoms with Crippen LogP contribution in [0.1, 0.15) is 15.9 Å². The van der Waals surface area contributed by atoms with Gasteiger partial charge in [-0.3, -0.25) is 9.78 Å². The minimum absolute atomic E-state index is 0.0642. The fourth-order valence-corrected chi connectivity index (χ4v) is 2.33. The zero-order valence-electron chi connectivity index (χ0n) is 13.3. The van der Waals surface area contributed by atoms with E-state index in [1.165, 1.54) is 30.3 Å². The molecule has 0 aliphatic carbocycles. The third kappa shape index (κ3) is 3.83. The number of phenols is 1. The van der Waals surface area contributed by atoms with Crippen LogP contribution in [0.4, 0.5) is 18.9 Å². The summed E-state index contributed by atoms with van der Waals surface area (Å²) in [5.74, 6) is -0.513. The fraction of sp³-hybridized carbons (Fsp3) is 0.0526. The van der Waals surface area contributed by atoms with Gasteiger partial charge in [0.15, 0.2) is 0 Å². The Hall–Kier alpha value is -3.35. The predicted molar refractivity (Wildman–Crippen MR) is 90.7 cm³/mol. The van der Waals surface area contributed by atoms with Gasteiger partial charge in [0.05, 0.1) is 16.9 Å². The zero-order valence-corrected chi connectivity index (χ0v) is 13.3. The van der Waals surface area contributed by atoms with Crippen molar-refractivity contribution in [2.75, 3.05) is 5.32 Å². The second-order valence-electron chi connectivity index (χ2n) is 5.48. The highest BCUT2D eigenvalue weighted by Crippen LogP contribution is 2.31. The third-order valence-electron chi connectivity index (χ3n) is 3.68. The van der Waals surface area contributed by atoms with Gasteiger partial charge in [0.2, 0.25) is 0 Å². The van der Waals surface area contributed by atoms with E-state index < -0.39 is 17.6 Å².